The number of oxazole rings is 1. The van der Waals surface area contributed by atoms with E-state index in [9.17, 15) is 22.8 Å². The lowest BCUT2D eigenvalue weighted by Gasteiger charge is -2.23. The van der Waals surface area contributed by atoms with E-state index in [0.29, 0.717) is 36.6 Å². The Kier molecular flexibility index (Phi) is 7.38. The van der Waals surface area contributed by atoms with Crippen molar-refractivity contribution >= 4 is 29.1 Å². The third kappa shape index (κ3) is 6.09. The van der Waals surface area contributed by atoms with Gasteiger partial charge in [-0.05, 0) is 37.1 Å². The standard InChI is InChI=1S/C29H29F3N8O3/c1-38-15-21(35-25(41)22-16-43-26(36-22)20-7-10-33-23(13-20)34-17-29(30,31)32)24(37-38)40-12-9-28(27(40)42)8-11-39(18-28)14-19-5-3-2-4-6-19/h2-7,10,13,15-16H,8-9,11-12,14,17-18H2,1H3,(H,33,34)(H,35,41). The molecular weight excluding hydrogens is 565 g/mol. The predicted molar refractivity (Wildman–Crippen MR) is 151 cm³/mol. The zero-order valence-electron chi connectivity index (χ0n) is 23.3. The van der Waals surface area contributed by atoms with Crippen molar-refractivity contribution in [3.05, 3.63) is 72.4 Å². The molecule has 1 spiro atoms. The highest BCUT2D eigenvalue weighted by atomic mass is 19.4. The van der Waals surface area contributed by atoms with Crippen LogP contribution in [0.25, 0.3) is 11.5 Å². The van der Waals surface area contributed by atoms with Gasteiger partial charge in [0.1, 0.15) is 24.3 Å². The Morgan fingerprint density at radius 1 is 1.14 bits per heavy atom. The van der Waals surface area contributed by atoms with Crippen LogP contribution >= 0.6 is 0 Å². The number of nitrogens with one attached hydrogen (secondary N) is 2. The van der Waals surface area contributed by atoms with Gasteiger partial charge in [0.05, 0.1) is 11.6 Å². The molecule has 14 heteroatoms. The number of nitrogens with zero attached hydrogens (tertiary/aromatic N) is 6. The second-order valence-corrected chi connectivity index (χ2v) is 10.9. The Balaban J connectivity index is 1.13. The van der Waals surface area contributed by atoms with E-state index in [2.05, 4.69) is 42.7 Å². The fourth-order valence-corrected chi connectivity index (χ4v) is 5.65. The van der Waals surface area contributed by atoms with Gasteiger partial charge < -0.3 is 15.1 Å². The number of benzene rings is 1. The summed E-state index contributed by atoms with van der Waals surface area (Å²) >= 11 is 0. The first-order valence-electron chi connectivity index (χ1n) is 13.7. The summed E-state index contributed by atoms with van der Waals surface area (Å²) in [6.07, 6.45) is 1.12. The van der Waals surface area contributed by atoms with E-state index in [1.54, 1.807) is 18.1 Å². The molecule has 2 fully saturated rings. The number of carbonyl (C=O) groups is 2. The van der Waals surface area contributed by atoms with Crippen LogP contribution in [0.15, 0.2) is 65.5 Å². The largest absolute Gasteiger partial charge is 0.444 e. The number of amides is 2. The molecule has 224 valence electrons. The van der Waals surface area contributed by atoms with Crippen LogP contribution in [0.1, 0.15) is 28.9 Å². The number of anilines is 3. The third-order valence-electron chi connectivity index (χ3n) is 7.72. The Bertz CT molecular complexity index is 1640. The number of hydrogen-bond donors (Lipinski definition) is 2. The number of likely N-dealkylation sites (tertiary alicyclic amines) is 1. The van der Waals surface area contributed by atoms with Gasteiger partial charge in [-0.15, -0.1) is 0 Å². The minimum atomic E-state index is -4.41. The van der Waals surface area contributed by atoms with Crippen molar-refractivity contribution in [2.45, 2.75) is 25.6 Å². The van der Waals surface area contributed by atoms with E-state index in [4.69, 9.17) is 4.42 Å². The zero-order chi connectivity index (χ0) is 30.2. The van der Waals surface area contributed by atoms with E-state index < -0.39 is 24.0 Å². The summed E-state index contributed by atoms with van der Waals surface area (Å²) < 4.78 is 44.6. The minimum absolute atomic E-state index is 0.00592. The van der Waals surface area contributed by atoms with Crippen molar-refractivity contribution in [1.82, 2.24) is 24.6 Å². The number of hydrogen-bond acceptors (Lipinski definition) is 8. The average Bonchev–Trinajstić information content (AvgIpc) is 3.77. The molecule has 2 aliphatic heterocycles. The smallest absolute Gasteiger partial charge is 0.405 e. The molecule has 2 aliphatic rings. The molecule has 6 rings (SSSR count). The highest BCUT2D eigenvalue weighted by Crippen LogP contribution is 2.43. The molecule has 4 aromatic rings. The summed E-state index contributed by atoms with van der Waals surface area (Å²) in [5.74, 6) is -0.222. The first-order valence-corrected chi connectivity index (χ1v) is 13.7. The number of aromatic nitrogens is 4. The Morgan fingerprint density at radius 2 is 1.93 bits per heavy atom. The number of halogens is 3. The zero-order valence-corrected chi connectivity index (χ0v) is 23.3. The van der Waals surface area contributed by atoms with Gasteiger partial charge in [0.2, 0.25) is 11.8 Å². The van der Waals surface area contributed by atoms with Crippen LogP contribution in [0, 0.1) is 5.41 Å². The van der Waals surface area contributed by atoms with Crippen LogP contribution < -0.4 is 15.5 Å². The van der Waals surface area contributed by atoms with Gasteiger partial charge in [-0.3, -0.25) is 24.1 Å². The van der Waals surface area contributed by atoms with Gasteiger partial charge in [0, 0.05) is 38.4 Å². The molecule has 2 saturated heterocycles. The summed E-state index contributed by atoms with van der Waals surface area (Å²) in [6.45, 7) is 1.51. The SMILES string of the molecule is Cn1cc(NC(=O)c2coc(-c3ccnc(NCC(F)(F)F)c3)n2)c(N2CCC3(CCN(Cc4ccccc4)C3)C2=O)n1. The van der Waals surface area contributed by atoms with E-state index >= 15 is 0 Å². The Labute approximate surface area is 244 Å². The highest BCUT2D eigenvalue weighted by molar-refractivity contribution is 6.07. The monoisotopic (exact) mass is 594 g/mol. The van der Waals surface area contributed by atoms with Gasteiger partial charge in [0.25, 0.3) is 5.91 Å². The molecule has 2 N–H and O–H groups in total. The normalized spacial score (nSPS) is 19.0. The van der Waals surface area contributed by atoms with Crippen LogP contribution in [-0.4, -0.2) is 68.8 Å². The van der Waals surface area contributed by atoms with E-state index in [-0.39, 0.29) is 23.3 Å². The lowest BCUT2D eigenvalue weighted by molar-refractivity contribution is -0.125. The summed E-state index contributed by atoms with van der Waals surface area (Å²) in [7, 11) is 1.70. The van der Waals surface area contributed by atoms with Crippen LogP contribution in [0.3, 0.4) is 0 Å². The first kappa shape index (κ1) is 28.4. The molecule has 1 atom stereocenters. The van der Waals surface area contributed by atoms with Gasteiger partial charge >= 0.3 is 6.18 Å². The number of alkyl halides is 3. The summed E-state index contributed by atoms with van der Waals surface area (Å²) in [6, 6.07) is 13.0. The van der Waals surface area contributed by atoms with E-state index in [1.165, 1.54) is 28.6 Å². The molecule has 2 amide bonds. The van der Waals surface area contributed by atoms with Crippen molar-refractivity contribution in [2.75, 3.05) is 41.7 Å². The maximum atomic E-state index is 13.8. The number of carbonyl (C=O) groups excluding carboxylic acids is 2. The quantitative estimate of drug-likeness (QED) is 0.309. The second kappa shape index (κ2) is 11.2. The van der Waals surface area contributed by atoms with Crippen molar-refractivity contribution in [1.29, 1.82) is 0 Å². The van der Waals surface area contributed by atoms with Gasteiger partial charge in [-0.1, -0.05) is 30.3 Å². The third-order valence-corrected chi connectivity index (χ3v) is 7.72. The van der Waals surface area contributed by atoms with Crippen LogP contribution in [-0.2, 0) is 18.4 Å². The highest BCUT2D eigenvalue weighted by Gasteiger charge is 2.51. The maximum absolute atomic E-state index is 13.8. The molecule has 0 bridgehead atoms. The summed E-state index contributed by atoms with van der Waals surface area (Å²) in [5.41, 5.74) is 1.35. The topological polar surface area (TPSA) is 121 Å². The number of aryl methyl sites for hydroxylation is 1. The predicted octanol–water partition coefficient (Wildman–Crippen LogP) is 4.33. The summed E-state index contributed by atoms with van der Waals surface area (Å²) in [5, 5.41) is 9.46. The Morgan fingerprint density at radius 3 is 2.72 bits per heavy atom. The van der Waals surface area contributed by atoms with Gasteiger partial charge in [-0.2, -0.15) is 18.3 Å². The van der Waals surface area contributed by atoms with Crippen LogP contribution in [0.2, 0.25) is 0 Å². The van der Waals surface area contributed by atoms with Crippen molar-refractivity contribution < 1.29 is 27.2 Å². The Hall–Kier alpha value is -4.72. The molecule has 43 heavy (non-hydrogen) atoms. The van der Waals surface area contributed by atoms with Crippen molar-refractivity contribution in [3.63, 3.8) is 0 Å². The molecule has 1 unspecified atom stereocenters. The fourth-order valence-electron chi connectivity index (χ4n) is 5.65. The lowest BCUT2D eigenvalue weighted by atomic mass is 9.85. The molecule has 5 heterocycles. The first-order chi connectivity index (χ1) is 20.6. The molecule has 1 aromatic carbocycles. The molecular formula is C29H29F3N8O3. The number of pyridine rings is 1. The summed E-state index contributed by atoms with van der Waals surface area (Å²) in [4.78, 5) is 38.9. The van der Waals surface area contributed by atoms with Crippen LogP contribution in [0.4, 0.5) is 30.5 Å². The minimum Gasteiger partial charge on any atom is -0.444 e. The number of rotatable bonds is 8. The van der Waals surface area contributed by atoms with E-state index in [1.807, 2.05) is 18.2 Å². The average molecular weight is 595 g/mol. The maximum Gasteiger partial charge on any atom is 0.405 e. The van der Waals surface area contributed by atoms with Gasteiger partial charge in [0.15, 0.2) is 11.5 Å². The molecule has 0 aliphatic carbocycles. The molecule has 3 aromatic heterocycles. The second-order valence-electron chi connectivity index (χ2n) is 10.9. The van der Waals surface area contributed by atoms with Gasteiger partial charge in [-0.25, -0.2) is 9.97 Å². The van der Waals surface area contributed by atoms with Crippen molar-refractivity contribution in [3.8, 4) is 11.5 Å². The van der Waals surface area contributed by atoms with Crippen molar-refractivity contribution in [2.24, 2.45) is 12.5 Å². The molecule has 0 radical (unpaired) electrons. The lowest BCUT2D eigenvalue weighted by Crippen LogP contribution is -2.37. The van der Waals surface area contributed by atoms with Crippen LogP contribution in [0.5, 0.6) is 0 Å². The molecule has 11 nitrogen and oxygen atoms in total. The fraction of sp³-hybridized carbons (Fsp3) is 0.345. The molecule has 0 saturated carbocycles. The van der Waals surface area contributed by atoms with E-state index in [0.717, 1.165) is 25.8 Å².